The molecule has 10 nitrogen and oxygen atoms in total. The Kier molecular flexibility index (Phi) is 8.78. The summed E-state index contributed by atoms with van der Waals surface area (Å²) in [7, 11) is 6.16. The van der Waals surface area contributed by atoms with Gasteiger partial charge < -0.3 is 28.7 Å². The van der Waals surface area contributed by atoms with Crippen molar-refractivity contribution in [1.29, 1.82) is 10.5 Å². The fraction of sp³-hybridized carbons (Fsp3) is 0.273. The molecule has 218 valence electrons. The summed E-state index contributed by atoms with van der Waals surface area (Å²) in [5.74, 6) is 3.67. The van der Waals surface area contributed by atoms with Gasteiger partial charge >= 0.3 is 0 Å². The molecular formula is C33H32N6O4. The normalized spacial score (nSPS) is 13.0. The third kappa shape index (κ3) is 5.95. The van der Waals surface area contributed by atoms with Gasteiger partial charge in [0.1, 0.15) is 57.9 Å². The smallest absolute Gasteiger partial charge is 0.141 e. The first-order valence-electron chi connectivity index (χ1n) is 13.8. The van der Waals surface area contributed by atoms with Crippen LogP contribution in [0.1, 0.15) is 17.5 Å². The number of hydrogen-bond acceptors (Lipinski definition) is 10. The molecule has 0 radical (unpaired) electrons. The Hall–Kier alpha value is -5.48. The number of anilines is 2. The van der Waals surface area contributed by atoms with Crippen LogP contribution in [-0.2, 0) is 0 Å². The number of pyridine rings is 2. The summed E-state index contributed by atoms with van der Waals surface area (Å²) in [4.78, 5) is 14.1. The zero-order chi connectivity index (χ0) is 30.3. The van der Waals surface area contributed by atoms with Crippen molar-refractivity contribution in [2.24, 2.45) is 0 Å². The Morgan fingerprint density at radius 1 is 0.558 bits per heavy atom. The van der Waals surface area contributed by atoms with E-state index in [0.29, 0.717) is 34.1 Å². The highest BCUT2D eigenvalue weighted by molar-refractivity contribution is 5.72. The highest BCUT2D eigenvalue weighted by Crippen LogP contribution is 2.36. The fourth-order valence-corrected chi connectivity index (χ4v) is 5.24. The van der Waals surface area contributed by atoms with Gasteiger partial charge in [0.25, 0.3) is 0 Å². The maximum absolute atomic E-state index is 9.48. The summed E-state index contributed by atoms with van der Waals surface area (Å²) >= 11 is 0. The van der Waals surface area contributed by atoms with Crippen LogP contribution in [0.25, 0.3) is 22.3 Å². The SMILES string of the molecule is COc1cc(-c2ccc(N3CCCN(c4ccc(-c5cc(OC)c(C#N)c(OC)c5)cn4)CC3)nc2)cc(OC)c1C#N. The average Bonchev–Trinajstić information content (AvgIpc) is 3.33. The Bertz CT molecular complexity index is 1500. The lowest BCUT2D eigenvalue weighted by atomic mass is 10.0. The van der Waals surface area contributed by atoms with Crippen LogP contribution >= 0.6 is 0 Å². The van der Waals surface area contributed by atoms with E-state index in [4.69, 9.17) is 28.9 Å². The third-order valence-corrected chi connectivity index (χ3v) is 7.54. The minimum absolute atomic E-state index is 0.367. The van der Waals surface area contributed by atoms with Crippen molar-refractivity contribution in [3.63, 3.8) is 0 Å². The van der Waals surface area contributed by atoms with Crippen LogP contribution < -0.4 is 28.7 Å². The molecule has 0 unspecified atom stereocenters. The average molecular weight is 577 g/mol. The minimum atomic E-state index is 0.367. The summed E-state index contributed by atoms with van der Waals surface area (Å²) in [6.07, 6.45) is 4.64. The second-order valence-electron chi connectivity index (χ2n) is 9.87. The molecule has 0 aliphatic carbocycles. The first-order valence-corrected chi connectivity index (χ1v) is 13.8. The fourth-order valence-electron chi connectivity index (χ4n) is 5.24. The maximum atomic E-state index is 9.48. The van der Waals surface area contributed by atoms with Gasteiger partial charge in [-0.05, 0) is 66.1 Å². The lowest BCUT2D eigenvalue weighted by molar-refractivity contribution is 0.392. The summed E-state index contributed by atoms with van der Waals surface area (Å²) < 4.78 is 21.7. The summed E-state index contributed by atoms with van der Waals surface area (Å²) in [6, 6.07) is 19.7. The zero-order valence-electron chi connectivity index (χ0n) is 24.6. The van der Waals surface area contributed by atoms with E-state index in [2.05, 4.69) is 21.9 Å². The second-order valence-corrected chi connectivity index (χ2v) is 9.87. The van der Waals surface area contributed by atoms with E-state index in [0.717, 1.165) is 66.5 Å². The molecule has 0 spiro atoms. The zero-order valence-corrected chi connectivity index (χ0v) is 24.6. The lowest BCUT2D eigenvalue weighted by Gasteiger charge is -2.23. The Morgan fingerprint density at radius 3 is 1.21 bits per heavy atom. The molecule has 0 bridgehead atoms. The number of nitriles is 2. The largest absolute Gasteiger partial charge is 0.495 e. The van der Waals surface area contributed by atoms with Crippen LogP contribution in [0.4, 0.5) is 11.6 Å². The maximum Gasteiger partial charge on any atom is 0.141 e. The molecular weight excluding hydrogens is 544 g/mol. The molecule has 0 atom stereocenters. The summed E-state index contributed by atoms with van der Waals surface area (Å²) in [5, 5.41) is 19.0. The van der Waals surface area contributed by atoms with Gasteiger partial charge in [-0.25, -0.2) is 9.97 Å². The number of hydrogen-bond donors (Lipinski definition) is 0. The number of ether oxygens (including phenoxy) is 4. The monoisotopic (exact) mass is 576 g/mol. The number of benzene rings is 2. The number of aromatic nitrogens is 2. The van der Waals surface area contributed by atoms with Crippen molar-refractivity contribution in [2.45, 2.75) is 6.42 Å². The number of rotatable bonds is 8. The van der Waals surface area contributed by atoms with E-state index in [-0.39, 0.29) is 0 Å². The van der Waals surface area contributed by atoms with Gasteiger partial charge in [0, 0.05) is 49.7 Å². The van der Waals surface area contributed by atoms with Crippen molar-refractivity contribution in [3.8, 4) is 57.4 Å². The molecule has 0 N–H and O–H groups in total. The van der Waals surface area contributed by atoms with E-state index in [9.17, 15) is 10.5 Å². The number of methoxy groups -OCH3 is 4. The van der Waals surface area contributed by atoms with Crippen LogP contribution in [0.15, 0.2) is 60.9 Å². The Morgan fingerprint density at radius 2 is 0.930 bits per heavy atom. The van der Waals surface area contributed by atoms with Gasteiger partial charge in [-0.3, -0.25) is 0 Å². The van der Waals surface area contributed by atoms with Crippen molar-refractivity contribution < 1.29 is 18.9 Å². The first-order chi connectivity index (χ1) is 21.0. The van der Waals surface area contributed by atoms with Crippen molar-refractivity contribution in [2.75, 3.05) is 64.4 Å². The van der Waals surface area contributed by atoms with E-state index in [1.165, 1.54) is 28.4 Å². The predicted octanol–water partition coefficient (Wildman–Crippen LogP) is 5.31. The summed E-state index contributed by atoms with van der Waals surface area (Å²) in [5.41, 5.74) is 4.27. The molecule has 43 heavy (non-hydrogen) atoms. The van der Waals surface area contributed by atoms with Crippen LogP contribution in [0, 0.1) is 22.7 Å². The molecule has 1 aliphatic rings. The molecule has 10 heteroatoms. The van der Waals surface area contributed by atoms with Crippen LogP contribution in [0.5, 0.6) is 23.0 Å². The molecule has 0 amide bonds. The van der Waals surface area contributed by atoms with Gasteiger partial charge in [-0.2, -0.15) is 10.5 Å². The van der Waals surface area contributed by atoms with Gasteiger partial charge in [-0.15, -0.1) is 0 Å². The van der Waals surface area contributed by atoms with Gasteiger partial charge in [0.15, 0.2) is 0 Å². The highest BCUT2D eigenvalue weighted by atomic mass is 16.5. The molecule has 2 aromatic heterocycles. The quantitative estimate of drug-likeness (QED) is 0.273. The summed E-state index contributed by atoms with van der Waals surface area (Å²) in [6.45, 7) is 3.37. The van der Waals surface area contributed by atoms with Gasteiger partial charge in [-0.1, -0.05) is 0 Å². The minimum Gasteiger partial charge on any atom is -0.495 e. The van der Waals surface area contributed by atoms with Crippen molar-refractivity contribution in [3.05, 3.63) is 72.1 Å². The highest BCUT2D eigenvalue weighted by Gasteiger charge is 2.19. The van der Waals surface area contributed by atoms with Crippen LogP contribution in [0.3, 0.4) is 0 Å². The van der Waals surface area contributed by atoms with Gasteiger partial charge in [0.05, 0.1) is 28.4 Å². The molecule has 5 rings (SSSR count). The molecule has 1 fully saturated rings. The van der Waals surface area contributed by atoms with E-state index in [1.807, 2.05) is 60.9 Å². The van der Waals surface area contributed by atoms with E-state index < -0.39 is 0 Å². The standard InChI is InChI=1S/C33H32N6O4/c1-40-28-14-24(15-29(41-2)26(28)18-34)22-6-8-32(36-20-22)38-10-5-11-39(13-12-38)33-9-7-23(21-37-33)25-16-30(42-3)27(19-35)31(17-25)43-4/h6-9,14-17,20-21H,5,10-13H2,1-4H3. The molecule has 3 heterocycles. The van der Waals surface area contributed by atoms with Crippen molar-refractivity contribution >= 4 is 11.6 Å². The molecule has 1 saturated heterocycles. The number of nitrogens with zero attached hydrogens (tertiary/aromatic N) is 6. The van der Waals surface area contributed by atoms with Crippen molar-refractivity contribution in [1.82, 2.24) is 9.97 Å². The second kappa shape index (κ2) is 13.0. The molecule has 0 saturated carbocycles. The van der Waals surface area contributed by atoms with Crippen LogP contribution in [0.2, 0.25) is 0 Å². The molecule has 2 aromatic carbocycles. The first kappa shape index (κ1) is 29.0. The Balaban J connectivity index is 1.28. The topological polar surface area (TPSA) is 117 Å². The molecule has 4 aromatic rings. The lowest BCUT2D eigenvalue weighted by Crippen LogP contribution is -2.31. The third-order valence-electron chi connectivity index (χ3n) is 7.54. The predicted molar refractivity (Wildman–Crippen MR) is 164 cm³/mol. The van der Waals surface area contributed by atoms with E-state index in [1.54, 1.807) is 0 Å². The molecule has 1 aliphatic heterocycles. The van der Waals surface area contributed by atoms with Gasteiger partial charge in [0.2, 0.25) is 0 Å². The van der Waals surface area contributed by atoms with Crippen LogP contribution in [-0.4, -0.2) is 64.6 Å². The van der Waals surface area contributed by atoms with E-state index >= 15 is 0 Å². The Labute approximate surface area is 251 Å².